The Kier molecular flexibility index (Phi) is 3.52. The summed E-state index contributed by atoms with van der Waals surface area (Å²) in [6.07, 6.45) is 0.517. The lowest BCUT2D eigenvalue weighted by Gasteiger charge is -2.20. The van der Waals surface area contributed by atoms with E-state index in [1.165, 1.54) is 0 Å². The molecule has 1 aliphatic rings. The summed E-state index contributed by atoms with van der Waals surface area (Å²) in [5.41, 5.74) is 1.37. The number of ether oxygens (including phenoxy) is 2. The van der Waals surface area contributed by atoms with Gasteiger partial charge in [0.15, 0.2) is 17.3 Å². The van der Waals surface area contributed by atoms with Crippen molar-refractivity contribution >= 4 is 5.78 Å². The van der Waals surface area contributed by atoms with E-state index < -0.39 is 5.92 Å². The van der Waals surface area contributed by atoms with Crippen molar-refractivity contribution in [2.24, 2.45) is 5.92 Å². The molecule has 0 spiro atoms. The van der Waals surface area contributed by atoms with Crippen LogP contribution in [0.2, 0.25) is 0 Å². The molecule has 1 heterocycles. The van der Waals surface area contributed by atoms with Gasteiger partial charge in [0.05, 0.1) is 6.07 Å². The monoisotopic (exact) mass is 245 g/mol. The number of nitriles is 1. The van der Waals surface area contributed by atoms with E-state index in [4.69, 9.17) is 14.7 Å². The van der Waals surface area contributed by atoms with Crippen LogP contribution in [0.4, 0.5) is 0 Å². The molecule has 1 atom stereocenters. The summed E-state index contributed by atoms with van der Waals surface area (Å²) < 4.78 is 10.9. The first-order chi connectivity index (χ1) is 8.67. The number of carbonyl (C=O) groups is 1. The largest absolute Gasteiger partial charge is 0.486 e. The minimum absolute atomic E-state index is 0.144. The van der Waals surface area contributed by atoms with Gasteiger partial charge in [0.1, 0.15) is 19.1 Å². The predicted molar refractivity (Wildman–Crippen MR) is 65.9 cm³/mol. The molecule has 2 rings (SSSR count). The van der Waals surface area contributed by atoms with E-state index in [0.29, 0.717) is 36.7 Å². The highest BCUT2D eigenvalue weighted by atomic mass is 16.6. The second-order valence-electron chi connectivity index (χ2n) is 4.26. The molecule has 0 fully saturated rings. The predicted octanol–water partition coefficient (Wildman–Crippen LogP) is 2.50. The molecule has 4 heteroatoms. The van der Waals surface area contributed by atoms with Crippen LogP contribution in [-0.2, 0) is 0 Å². The SMILES string of the molecule is CCC(C#N)C(=O)c1cc2c(cc1C)OCCO2. The summed E-state index contributed by atoms with van der Waals surface area (Å²) >= 11 is 0. The van der Waals surface area contributed by atoms with Gasteiger partial charge in [0.25, 0.3) is 0 Å². The molecule has 0 saturated heterocycles. The van der Waals surface area contributed by atoms with Crippen LogP contribution in [0.1, 0.15) is 29.3 Å². The van der Waals surface area contributed by atoms with Gasteiger partial charge in [-0.1, -0.05) is 6.92 Å². The first-order valence-electron chi connectivity index (χ1n) is 6.01. The molecule has 0 radical (unpaired) electrons. The van der Waals surface area contributed by atoms with Crippen LogP contribution < -0.4 is 9.47 Å². The van der Waals surface area contributed by atoms with E-state index in [0.717, 1.165) is 5.56 Å². The van der Waals surface area contributed by atoms with Crippen molar-refractivity contribution in [1.82, 2.24) is 0 Å². The maximum atomic E-state index is 12.2. The Morgan fingerprint density at radius 3 is 2.56 bits per heavy atom. The van der Waals surface area contributed by atoms with Crippen molar-refractivity contribution in [3.05, 3.63) is 23.3 Å². The maximum Gasteiger partial charge on any atom is 0.180 e. The van der Waals surface area contributed by atoms with Crippen LogP contribution in [0, 0.1) is 24.2 Å². The molecule has 1 unspecified atom stereocenters. The summed E-state index contributed by atoms with van der Waals surface area (Å²) in [5, 5.41) is 8.96. The number of rotatable bonds is 3. The average Bonchev–Trinajstić information content (AvgIpc) is 2.39. The molecule has 0 amide bonds. The third-order valence-electron chi connectivity index (χ3n) is 3.04. The fourth-order valence-corrected chi connectivity index (χ4v) is 1.98. The molecule has 18 heavy (non-hydrogen) atoms. The number of hydrogen-bond donors (Lipinski definition) is 0. The van der Waals surface area contributed by atoms with E-state index in [-0.39, 0.29) is 5.78 Å². The molecule has 1 aromatic carbocycles. The van der Waals surface area contributed by atoms with Gasteiger partial charge >= 0.3 is 0 Å². The molecule has 1 aromatic rings. The van der Waals surface area contributed by atoms with Gasteiger partial charge in [-0.25, -0.2) is 0 Å². The molecular weight excluding hydrogens is 230 g/mol. The number of aryl methyl sites for hydroxylation is 1. The quantitative estimate of drug-likeness (QED) is 0.768. The molecule has 0 saturated carbocycles. The number of ketones is 1. The molecule has 94 valence electrons. The third-order valence-corrected chi connectivity index (χ3v) is 3.04. The van der Waals surface area contributed by atoms with Gasteiger partial charge in [-0.2, -0.15) is 5.26 Å². The van der Waals surface area contributed by atoms with Crippen molar-refractivity contribution in [3.8, 4) is 17.6 Å². The number of carbonyl (C=O) groups excluding carboxylic acids is 1. The van der Waals surface area contributed by atoms with Crippen molar-refractivity contribution < 1.29 is 14.3 Å². The molecule has 0 bridgehead atoms. The summed E-state index contributed by atoms with van der Waals surface area (Å²) in [6.45, 7) is 4.68. The van der Waals surface area contributed by atoms with Gasteiger partial charge in [0.2, 0.25) is 0 Å². The maximum absolute atomic E-state index is 12.2. The van der Waals surface area contributed by atoms with E-state index >= 15 is 0 Å². The van der Waals surface area contributed by atoms with E-state index in [2.05, 4.69) is 0 Å². The van der Waals surface area contributed by atoms with Gasteiger partial charge in [-0.05, 0) is 31.0 Å². The first kappa shape index (κ1) is 12.4. The number of nitrogens with zero attached hydrogens (tertiary/aromatic N) is 1. The van der Waals surface area contributed by atoms with Crippen LogP contribution in [0.25, 0.3) is 0 Å². The lowest BCUT2D eigenvalue weighted by atomic mass is 9.93. The van der Waals surface area contributed by atoms with Crippen LogP contribution in [0.3, 0.4) is 0 Å². The van der Waals surface area contributed by atoms with Crippen LogP contribution in [0.15, 0.2) is 12.1 Å². The van der Waals surface area contributed by atoms with Crippen LogP contribution >= 0.6 is 0 Å². The smallest absolute Gasteiger partial charge is 0.180 e. The molecular formula is C14H15NO3. The zero-order valence-electron chi connectivity index (χ0n) is 10.5. The van der Waals surface area contributed by atoms with Crippen molar-refractivity contribution in [2.45, 2.75) is 20.3 Å². The number of hydrogen-bond acceptors (Lipinski definition) is 4. The molecule has 0 aromatic heterocycles. The van der Waals surface area contributed by atoms with E-state index in [9.17, 15) is 4.79 Å². The minimum atomic E-state index is -0.591. The Bertz CT molecular complexity index is 517. The second-order valence-corrected chi connectivity index (χ2v) is 4.26. The van der Waals surface area contributed by atoms with E-state index in [1.54, 1.807) is 12.1 Å². The highest BCUT2D eigenvalue weighted by molar-refractivity contribution is 6.01. The normalized spacial score (nSPS) is 14.7. The van der Waals surface area contributed by atoms with Crippen molar-refractivity contribution in [3.63, 3.8) is 0 Å². The van der Waals surface area contributed by atoms with Gasteiger partial charge in [-0.15, -0.1) is 0 Å². The Morgan fingerprint density at radius 2 is 2.00 bits per heavy atom. The first-order valence-corrected chi connectivity index (χ1v) is 6.01. The average molecular weight is 245 g/mol. The van der Waals surface area contributed by atoms with Gasteiger partial charge < -0.3 is 9.47 Å². The van der Waals surface area contributed by atoms with Gasteiger partial charge in [0, 0.05) is 5.56 Å². The van der Waals surface area contributed by atoms with Crippen molar-refractivity contribution in [2.75, 3.05) is 13.2 Å². The zero-order chi connectivity index (χ0) is 13.1. The number of fused-ring (bicyclic) bond motifs is 1. The minimum Gasteiger partial charge on any atom is -0.486 e. The molecule has 0 aliphatic carbocycles. The zero-order valence-corrected chi connectivity index (χ0v) is 10.5. The summed E-state index contributed by atoms with van der Waals surface area (Å²) in [5.74, 6) is 0.518. The molecule has 4 nitrogen and oxygen atoms in total. The lowest BCUT2D eigenvalue weighted by Crippen LogP contribution is -2.18. The third kappa shape index (κ3) is 2.17. The number of Topliss-reactive ketones (excluding diaryl/α,β-unsaturated/α-hetero) is 1. The molecule has 0 N–H and O–H groups in total. The fourth-order valence-electron chi connectivity index (χ4n) is 1.98. The Morgan fingerprint density at radius 1 is 1.39 bits per heavy atom. The highest BCUT2D eigenvalue weighted by Crippen LogP contribution is 2.33. The van der Waals surface area contributed by atoms with Crippen LogP contribution in [-0.4, -0.2) is 19.0 Å². The van der Waals surface area contributed by atoms with Crippen LogP contribution in [0.5, 0.6) is 11.5 Å². The lowest BCUT2D eigenvalue weighted by molar-refractivity contribution is 0.0944. The number of benzene rings is 1. The highest BCUT2D eigenvalue weighted by Gasteiger charge is 2.22. The fraction of sp³-hybridized carbons (Fsp3) is 0.429. The standard InChI is InChI=1S/C14H15NO3/c1-3-10(8-15)14(16)11-7-13-12(6-9(11)2)17-4-5-18-13/h6-7,10H,3-5H2,1-2H3. The molecule has 1 aliphatic heterocycles. The Hall–Kier alpha value is -2.02. The summed E-state index contributed by atoms with van der Waals surface area (Å²) in [4.78, 5) is 12.2. The summed E-state index contributed by atoms with van der Waals surface area (Å²) in [6, 6.07) is 5.52. The Balaban J connectivity index is 2.40. The Labute approximate surface area is 106 Å². The van der Waals surface area contributed by atoms with E-state index in [1.807, 2.05) is 19.9 Å². The summed E-state index contributed by atoms with van der Waals surface area (Å²) in [7, 11) is 0. The van der Waals surface area contributed by atoms with Gasteiger partial charge in [-0.3, -0.25) is 4.79 Å². The second kappa shape index (κ2) is 5.09. The topological polar surface area (TPSA) is 59.3 Å². The van der Waals surface area contributed by atoms with Crippen molar-refractivity contribution in [1.29, 1.82) is 5.26 Å².